The number of rotatable bonds is 5. The number of hydrogen-bond acceptors (Lipinski definition) is 6. The third kappa shape index (κ3) is 4.15. The molecule has 0 radical (unpaired) electrons. The van der Waals surface area contributed by atoms with Gasteiger partial charge < -0.3 is 9.30 Å². The Balaban J connectivity index is 1.57. The largest absolute Gasteiger partial charge is 0.465 e. The predicted molar refractivity (Wildman–Crippen MR) is 140 cm³/mol. The highest BCUT2D eigenvalue weighted by molar-refractivity contribution is 6.18. The number of pyridine rings is 2. The second kappa shape index (κ2) is 9.03. The van der Waals surface area contributed by atoms with Crippen LogP contribution in [0.4, 0.5) is 0 Å². The molecule has 0 bridgehead atoms. The summed E-state index contributed by atoms with van der Waals surface area (Å²) in [4.78, 5) is 34.4. The molecule has 184 valence electrons. The van der Waals surface area contributed by atoms with Crippen LogP contribution >= 0.6 is 0 Å². The fourth-order valence-electron chi connectivity index (χ4n) is 4.49. The summed E-state index contributed by atoms with van der Waals surface area (Å²) in [5.74, 6) is -0.384. The number of hydrogen-bond donors (Lipinski definition) is 0. The number of methoxy groups -OCH3 is 1. The van der Waals surface area contributed by atoms with Gasteiger partial charge in [-0.3, -0.25) is 14.5 Å². The Morgan fingerprint density at radius 3 is 2.57 bits per heavy atom. The molecule has 0 unspecified atom stereocenters. The summed E-state index contributed by atoms with van der Waals surface area (Å²) in [5.41, 5.74) is 5.74. The smallest absolute Gasteiger partial charge is 0.338 e. The molecule has 0 atom stereocenters. The summed E-state index contributed by atoms with van der Waals surface area (Å²) in [6.07, 6.45) is 7.63. The van der Waals surface area contributed by atoms with Gasteiger partial charge in [0.05, 0.1) is 46.9 Å². The van der Waals surface area contributed by atoms with E-state index in [9.17, 15) is 14.9 Å². The second-order valence-corrected chi connectivity index (χ2v) is 9.49. The lowest BCUT2D eigenvalue weighted by Gasteiger charge is -2.16. The standard InChI is InChI=1S/C29H25N5O3/c1-29(2,17-30)20-5-7-21(8-6-20)34-26(16-33(3)28(34)36)25-14-18(11-12-31-25)19-13-23-22(27(35)37-4)9-10-24(23)32-15-19/h5-9,11-16H,10H2,1-4H3. The normalized spacial score (nSPS) is 12.6. The van der Waals surface area contributed by atoms with Crippen molar-refractivity contribution in [2.75, 3.05) is 7.11 Å². The molecule has 0 aliphatic heterocycles. The molecule has 5 rings (SSSR count). The fourth-order valence-corrected chi connectivity index (χ4v) is 4.49. The average Bonchev–Trinajstić information content (AvgIpc) is 3.48. The van der Waals surface area contributed by atoms with Gasteiger partial charge in [0.25, 0.3) is 0 Å². The zero-order chi connectivity index (χ0) is 26.3. The van der Waals surface area contributed by atoms with Gasteiger partial charge in [-0.05, 0) is 55.3 Å². The minimum atomic E-state index is -0.633. The Hall–Kier alpha value is -4.77. The number of fused-ring (bicyclic) bond motifs is 1. The molecule has 1 aliphatic carbocycles. The molecule has 1 aliphatic rings. The maximum absolute atomic E-state index is 13.1. The number of aryl methyl sites for hydroxylation is 1. The van der Waals surface area contributed by atoms with Crippen LogP contribution in [0.15, 0.2) is 71.9 Å². The van der Waals surface area contributed by atoms with Crippen LogP contribution in [0.1, 0.15) is 30.7 Å². The van der Waals surface area contributed by atoms with E-state index < -0.39 is 5.41 Å². The molecule has 0 saturated heterocycles. The van der Waals surface area contributed by atoms with Gasteiger partial charge in [-0.25, -0.2) is 9.59 Å². The van der Waals surface area contributed by atoms with E-state index in [0.717, 1.165) is 27.9 Å². The third-order valence-electron chi connectivity index (χ3n) is 6.70. The fraction of sp³-hybridized carbons (Fsp3) is 0.207. The number of ether oxygens (including phenoxy) is 1. The van der Waals surface area contributed by atoms with E-state index >= 15 is 0 Å². The van der Waals surface area contributed by atoms with Gasteiger partial charge in [0.2, 0.25) is 0 Å². The highest BCUT2D eigenvalue weighted by Crippen LogP contribution is 2.32. The molecule has 1 aromatic carbocycles. The highest BCUT2D eigenvalue weighted by atomic mass is 16.5. The van der Waals surface area contributed by atoms with Gasteiger partial charge >= 0.3 is 11.7 Å². The first-order chi connectivity index (χ1) is 17.7. The van der Waals surface area contributed by atoms with Crippen LogP contribution in [-0.4, -0.2) is 32.2 Å². The Morgan fingerprint density at radius 2 is 1.86 bits per heavy atom. The first kappa shape index (κ1) is 23.9. The van der Waals surface area contributed by atoms with Crippen molar-refractivity contribution in [3.05, 3.63) is 94.4 Å². The molecule has 0 fully saturated rings. The highest BCUT2D eigenvalue weighted by Gasteiger charge is 2.23. The number of carbonyl (C=O) groups is 1. The predicted octanol–water partition coefficient (Wildman–Crippen LogP) is 4.21. The molecular formula is C29H25N5O3. The molecule has 37 heavy (non-hydrogen) atoms. The molecule has 4 aromatic rings. The molecule has 0 saturated carbocycles. The minimum absolute atomic E-state index is 0.207. The van der Waals surface area contributed by atoms with Crippen molar-refractivity contribution in [3.63, 3.8) is 0 Å². The van der Waals surface area contributed by atoms with E-state index in [4.69, 9.17) is 4.74 Å². The van der Waals surface area contributed by atoms with Crippen molar-refractivity contribution in [3.8, 4) is 34.3 Å². The van der Waals surface area contributed by atoms with Gasteiger partial charge in [-0.1, -0.05) is 18.2 Å². The third-order valence-corrected chi connectivity index (χ3v) is 6.70. The maximum Gasteiger partial charge on any atom is 0.338 e. The molecule has 3 heterocycles. The number of aromatic nitrogens is 4. The average molecular weight is 492 g/mol. The number of imidazole rings is 1. The zero-order valence-electron chi connectivity index (χ0n) is 21.0. The zero-order valence-corrected chi connectivity index (χ0v) is 21.0. The monoisotopic (exact) mass is 491 g/mol. The van der Waals surface area contributed by atoms with Crippen molar-refractivity contribution >= 4 is 11.5 Å². The molecule has 0 N–H and O–H groups in total. The molecule has 0 amide bonds. The Bertz CT molecular complexity index is 1670. The molecule has 8 nitrogen and oxygen atoms in total. The van der Waals surface area contributed by atoms with Crippen LogP contribution < -0.4 is 5.69 Å². The molecule has 8 heteroatoms. The first-order valence-corrected chi connectivity index (χ1v) is 11.8. The Morgan fingerprint density at radius 1 is 1.11 bits per heavy atom. The van der Waals surface area contributed by atoms with E-state index in [1.807, 2.05) is 62.4 Å². The van der Waals surface area contributed by atoms with Crippen molar-refractivity contribution in [2.45, 2.75) is 25.7 Å². The van der Waals surface area contributed by atoms with Gasteiger partial charge in [-0.15, -0.1) is 0 Å². The van der Waals surface area contributed by atoms with Crippen molar-refractivity contribution < 1.29 is 9.53 Å². The quantitative estimate of drug-likeness (QED) is 0.388. The summed E-state index contributed by atoms with van der Waals surface area (Å²) in [6.45, 7) is 3.71. The molecule has 0 spiro atoms. The summed E-state index contributed by atoms with van der Waals surface area (Å²) in [7, 11) is 3.06. The van der Waals surface area contributed by atoms with E-state index in [0.29, 0.717) is 29.1 Å². The first-order valence-electron chi connectivity index (χ1n) is 11.8. The number of nitriles is 1. The van der Waals surface area contributed by atoms with Crippen LogP contribution in [0, 0.1) is 11.3 Å². The van der Waals surface area contributed by atoms with Crippen LogP contribution in [0.25, 0.3) is 33.8 Å². The Kier molecular flexibility index (Phi) is 5.84. The lowest BCUT2D eigenvalue weighted by atomic mass is 9.86. The Labute approximate surface area is 214 Å². The number of benzene rings is 1. The maximum atomic E-state index is 13.1. The molecule has 3 aromatic heterocycles. The van der Waals surface area contributed by atoms with Crippen LogP contribution in [-0.2, 0) is 28.4 Å². The van der Waals surface area contributed by atoms with Crippen molar-refractivity contribution in [1.29, 1.82) is 5.26 Å². The van der Waals surface area contributed by atoms with Gasteiger partial charge in [-0.2, -0.15) is 5.26 Å². The van der Waals surface area contributed by atoms with Crippen LogP contribution in [0.5, 0.6) is 0 Å². The lowest BCUT2D eigenvalue weighted by Crippen LogP contribution is -2.21. The van der Waals surface area contributed by atoms with Gasteiger partial charge in [0.1, 0.15) is 0 Å². The number of allylic oxidation sites excluding steroid dienone is 1. The summed E-state index contributed by atoms with van der Waals surface area (Å²) >= 11 is 0. The number of esters is 1. The van der Waals surface area contributed by atoms with Crippen LogP contribution in [0.3, 0.4) is 0 Å². The summed E-state index contributed by atoms with van der Waals surface area (Å²) in [5, 5.41) is 9.45. The topological polar surface area (TPSA) is 103 Å². The van der Waals surface area contributed by atoms with E-state index in [1.54, 1.807) is 30.2 Å². The summed E-state index contributed by atoms with van der Waals surface area (Å²) in [6, 6.07) is 15.4. The van der Waals surface area contributed by atoms with Crippen molar-refractivity contribution in [1.82, 2.24) is 19.1 Å². The number of nitrogens with zero attached hydrogens (tertiary/aromatic N) is 5. The second-order valence-electron chi connectivity index (χ2n) is 9.49. The van der Waals surface area contributed by atoms with E-state index in [-0.39, 0.29) is 11.7 Å². The van der Waals surface area contributed by atoms with Gasteiger partial charge in [0, 0.05) is 43.2 Å². The summed E-state index contributed by atoms with van der Waals surface area (Å²) < 4.78 is 8.04. The minimum Gasteiger partial charge on any atom is -0.465 e. The van der Waals surface area contributed by atoms with Crippen LogP contribution in [0.2, 0.25) is 0 Å². The SMILES string of the molecule is COC(=O)C1=CCc2ncc(-c3ccnc(-c4cn(C)c(=O)n4-c4ccc(C(C)(C)C#N)cc4)c3)cc21. The number of carbonyl (C=O) groups excluding carboxylic acids is 1. The van der Waals surface area contributed by atoms with E-state index in [1.165, 1.54) is 11.7 Å². The van der Waals surface area contributed by atoms with Crippen molar-refractivity contribution in [2.24, 2.45) is 7.05 Å². The van der Waals surface area contributed by atoms with E-state index in [2.05, 4.69) is 16.0 Å². The van der Waals surface area contributed by atoms with Gasteiger partial charge in [0.15, 0.2) is 0 Å². The molecular weight excluding hydrogens is 466 g/mol. The lowest BCUT2D eigenvalue weighted by molar-refractivity contribution is -0.133.